The van der Waals surface area contributed by atoms with Crippen LogP contribution in [0.15, 0.2) is 47.5 Å². The Bertz CT molecular complexity index is 1490. The van der Waals surface area contributed by atoms with Crippen LogP contribution in [0.3, 0.4) is 0 Å². The standard InChI is InChI=1S/C33H41Cl2N7O2/c1-20(2)6-11-27(21-7-9-22(10-8-21)30(43)36-19-28-38-40-41-39-28)42-31(44)29(23-16-25(34)18-26(35)17-23)37-33(42)14-12-24(13-15-33)32(3,4)5/h7-10,16-18,20,24,27H,6,11-15,19H2,1-5H3,(H,36,43)(H,38,39,40,41). The summed E-state index contributed by atoms with van der Waals surface area (Å²) in [4.78, 5) is 34.7. The smallest absolute Gasteiger partial charge is 0.275 e. The van der Waals surface area contributed by atoms with Gasteiger partial charge in [0.2, 0.25) is 0 Å². The third-order valence-electron chi connectivity index (χ3n) is 9.02. The van der Waals surface area contributed by atoms with E-state index in [-0.39, 0.29) is 29.8 Å². The van der Waals surface area contributed by atoms with E-state index in [1.54, 1.807) is 18.2 Å². The van der Waals surface area contributed by atoms with Crippen molar-refractivity contribution in [3.05, 3.63) is 75.0 Å². The minimum absolute atomic E-state index is 0.103. The average Bonchev–Trinajstić information content (AvgIpc) is 3.58. The zero-order valence-corrected chi connectivity index (χ0v) is 27.5. The predicted molar refractivity (Wildman–Crippen MR) is 173 cm³/mol. The lowest BCUT2D eigenvalue weighted by Crippen LogP contribution is -2.51. The van der Waals surface area contributed by atoms with Gasteiger partial charge >= 0.3 is 0 Å². The summed E-state index contributed by atoms with van der Waals surface area (Å²) >= 11 is 12.8. The fourth-order valence-electron chi connectivity index (χ4n) is 6.53. The Labute approximate surface area is 269 Å². The number of H-pyrrole nitrogens is 1. The Kier molecular flexibility index (Phi) is 9.47. The van der Waals surface area contributed by atoms with Crippen LogP contribution < -0.4 is 5.32 Å². The molecule has 1 saturated carbocycles. The predicted octanol–water partition coefficient (Wildman–Crippen LogP) is 7.18. The van der Waals surface area contributed by atoms with Crippen LogP contribution in [0.4, 0.5) is 0 Å². The maximum Gasteiger partial charge on any atom is 0.275 e. The number of tetrazole rings is 1. The van der Waals surface area contributed by atoms with E-state index in [4.69, 9.17) is 28.2 Å². The molecule has 1 aliphatic carbocycles. The molecule has 0 saturated heterocycles. The summed E-state index contributed by atoms with van der Waals surface area (Å²) in [5, 5.41) is 17.4. The van der Waals surface area contributed by atoms with Gasteiger partial charge in [0.15, 0.2) is 5.82 Å². The molecule has 2 aromatic carbocycles. The van der Waals surface area contributed by atoms with E-state index in [0.29, 0.717) is 44.5 Å². The van der Waals surface area contributed by atoms with Gasteiger partial charge in [0.25, 0.3) is 11.8 Å². The number of nitrogens with zero attached hydrogens (tertiary/aromatic N) is 5. The highest BCUT2D eigenvalue weighted by atomic mass is 35.5. The molecule has 5 rings (SSSR count). The number of nitrogens with one attached hydrogen (secondary N) is 2. The summed E-state index contributed by atoms with van der Waals surface area (Å²) in [7, 11) is 0. The number of benzene rings is 2. The van der Waals surface area contributed by atoms with Gasteiger partial charge in [-0.15, -0.1) is 10.2 Å². The third kappa shape index (κ3) is 6.99. The largest absolute Gasteiger partial charge is 0.345 e. The van der Waals surface area contributed by atoms with Crippen molar-refractivity contribution < 1.29 is 9.59 Å². The van der Waals surface area contributed by atoms with Gasteiger partial charge in [-0.1, -0.05) is 75.2 Å². The summed E-state index contributed by atoms with van der Waals surface area (Å²) in [5.74, 6) is 1.06. The lowest BCUT2D eigenvalue weighted by Gasteiger charge is -2.47. The molecule has 0 bridgehead atoms. The number of aromatic amines is 1. The molecule has 2 heterocycles. The Morgan fingerprint density at radius 1 is 1.07 bits per heavy atom. The molecule has 2 amide bonds. The van der Waals surface area contributed by atoms with Crippen LogP contribution in [0, 0.1) is 17.3 Å². The first-order chi connectivity index (χ1) is 20.9. The van der Waals surface area contributed by atoms with Crippen molar-refractivity contribution in [1.29, 1.82) is 0 Å². The quantitative estimate of drug-likeness (QED) is 0.258. The van der Waals surface area contributed by atoms with Gasteiger partial charge in [0.1, 0.15) is 11.4 Å². The highest BCUT2D eigenvalue weighted by Gasteiger charge is 2.52. The summed E-state index contributed by atoms with van der Waals surface area (Å²) < 4.78 is 0. The first kappa shape index (κ1) is 32.1. The van der Waals surface area contributed by atoms with Gasteiger partial charge in [-0.3, -0.25) is 14.6 Å². The van der Waals surface area contributed by atoms with E-state index >= 15 is 0 Å². The zero-order valence-electron chi connectivity index (χ0n) is 26.0. The van der Waals surface area contributed by atoms with Crippen LogP contribution in [-0.4, -0.2) is 48.7 Å². The maximum absolute atomic E-state index is 14.5. The second-order valence-electron chi connectivity index (χ2n) is 13.5. The van der Waals surface area contributed by atoms with Crippen LogP contribution in [0.5, 0.6) is 0 Å². The molecule has 3 aromatic rings. The van der Waals surface area contributed by atoms with Gasteiger partial charge in [0, 0.05) is 21.2 Å². The lowest BCUT2D eigenvalue weighted by molar-refractivity contribution is -0.133. The summed E-state index contributed by atoms with van der Waals surface area (Å²) in [6, 6.07) is 12.5. The van der Waals surface area contributed by atoms with E-state index in [9.17, 15) is 9.59 Å². The van der Waals surface area contributed by atoms with Crippen molar-refractivity contribution in [3.63, 3.8) is 0 Å². The number of hydrogen-bond donors (Lipinski definition) is 2. The average molecular weight is 639 g/mol. The number of amides is 2. The molecule has 234 valence electrons. The molecule has 1 aromatic heterocycles. The normalized spacial score (nSPS) is 21.2. The first-order valence-corrected chi connectivity index (χ1v) is 16.1. The molecular weight excluding hydrogens is 597 g/mol. The number of carbonyl (C=O) groups is 2. The second kappa shape index (κ2) is 13.0. The molecule has 1 fully saturated rings. The highest BCUT2D eigenvalue weighted by molar-refractivity contribution is 6.47. The Balaban J connectivity index is 1.49. The van der Waals surface area contributed by atoms with Crippen molar-refractivity contribution in [2.45, 2.75) is 91.4 Å². The third-order valence-corrected chi connectivity index (χ3v) is 9.46. The number of rotatable bonds is 9. The van der Waals surface area contributed by atoms with Crippen LogP contribution in [-0.2, 0) is 11.3 Å². The number of halogens is 2. The van der Waals surface area contributed by atoms with Crippen LogP contribution >= 0.6 is 23.2 Å². The van der Waals surface area contributed by atoms with E-state index in [1.165, 1.54) is 0 Å². The van der Waals surface area contributed by atoms with Crippen molar-refractivity contribution in [2.75, 3.05) is 0 Å². The van der Waals surface area contributed by atoms with Crippen LogP contribution in [0.25, 0.3) is 0 Å². The summed E-state index contributed by atoms with van der Waals surface area (Å²) in [5.41, 5.74) is 2.06. The van der Waals surface area contributed by atoms with E-state index < -0.39 is 5.66 Å². The van der Waals surface area contributed by atoms with Crippen molar-refractivity contribution in [1.82, 2.24) is 30.8 Å². The minimum Gasteiger partial charge on any atom is -0.345 e. The molecule has 0 radical (unpaired) electrons. The number of carbonyl (C=O) groups excluding carboxylic acids is 2. The zero-order chi connectivity index (χ0) is 31.6. The Morgan fingerprint density at radius 2 is 1.73 bits per heavy atom. The van der Waals surface area contributed by atoms with Gasteiger partial charge < -0.3 is 10.2 Å². The highest BCUT2D eigenvalue weighted by Crippen LogP contribution is 2.50. The van der Waals surface area contributed by atoms with Crippen LogP contribution in [0.1, 0.15) is 106 Å². The Hall–Kier alpha value is -3.30. The molecular formula is C33H41Cl2N7O2. The number of hydrogen-bond acceptors (Lipinski definition) is 6. The minimum atomic E-state index is -0.661. The van der Waals surface area contributed by atoms with Crippen molar-refractivity contribution >= 4 is 40.7 Å². The summed E-state index contributed by atoms with van der Waals surface area (Å²) in [6.07, 6.45) is 5.24. The second-order valence-corrected chi connectivity index (χ2v) is 14.4. The van der Waals surface area contributed by atoms with Gasteiger partial charge in [-0.05, 0) is 91.7 Å². The molecule has 1 aliphatic heterocycles. The maximum atomic E-state index is 14.5. The SMILES string of the molecule is CC(C)CCC(c1ccc(C(=O)NCc2nn[nH]n2)cc1)N1C(=O)C(c2cc(Cl)cc(Cl)c2)=NC12CCC(C(C)(C)C)CC2. The fraction of sp³-hybridized carbons (Fsp3) is 0.515. The molecule has 9 nitrogen and oxygen atoms in total. The molecule has 1 atom stereocenters. The molecule has 2 aliphatic rings. The topological polar surface area (TPSA) is 116 Å². The summed E-state index contributed by atoms with van der Waals surface area (Å²) in [6.45, 7) is 11.4. The van der Waals surface area contributed by atoms with E-state index in [2.05, 4.69) is 60.6 Å². The molecule has 2 N–H and O–H groups in total. The first-order valence-electron chi connectivity index (χ1n) is 15.4. The number of aliphatic imine (C=N–C) groups is 1. The fourth-order valence-corrected chi connectivity index (χ4v) is 7.06. The van der Waals surface area contributed by atoms with E-state index in [1.807, 2.05) is 29.2 Å². The van der Waals surface area contributed by atoms with Gasteiger partial charge in [0.05, 0.1) is 12.6 Å². The van der Waals surface area contributed by atoms with Crippen molar-refractivity contribution in [2.24, 2.45) is 22.2 Å². The van der Waals surface area contributed by atoms with E-state index in [0.717, 1.165) is 44.1 Å². The monoisotopic (exact) mass is 637 g/mol. The van der Waals surface area contributed by atoms with Crippen LogP contribution in [0.2, 0.25) is 10.0 Å². The van der Waals surface area contributed by atoms with Gasteiger partial charge in [-0.2, -0.15) is 5.21 Å². The molecule has 44 heavy (non-hydrogen) atoms. The lowest BCUT2D eigenvalue weighted by atomic mass is 9.69. The number of aromatic nitrogens is 4. The molecule has 1 unspecified atom stereocenters. The Morgan fingerprint density at radius 3 is 2.30 bits per heavy atom. The van der Waals surface area contributed by atoms with Crippen molar-refractivity contribution in [3.8, 4) is 0 Å². The molecule has 1 spiro atoms. The molecule has 11 heteroatoms. The van der Waals surface area contributed by atoms with Gasteiger partial charge in [-0.25, -0.2) is 0 Å².